The first kappa shape index (κ1) is 17.6. The van der Waals surface area contributed by atoms with Gasteiger partial charge < -0.3 is 18.5 Å². The number of hydrogen-bond donors (Lipinski definition) is 0. The van der Waals surface area contributed by atoms with E-state index in [0.29, 0.717) is 13.2 Å². The maximum absolute atomic E-state index is 6.11. The Labute approximate surface area is 158 Å². The maximum atomic E-state index is 6.11. The van der Waals surface area contributed by atoms with Crippen molar-refractivity contribution in [2.75, 3.05) is 20.8 Å². The molecule has 0 radical (unpaired) electrons. The maximum Gasteiger partial charge on any atom is 0.128 e. The largest absolute Gasteiger partial charge is 0.497 e. The van der Waals surface area contributed by atoms with Crippen molar-refractivity contribution in [2.24, 2.45) is 0 Å². The number of benzene rings is 1. The molecule has 0 bridgehead atoms. The van der Waals surface area contributed by atoms with Crippen LogP contribution in [0.3, 0.4) is 0 Å². The summed E-state index contributed by atoms with van der Waals surface area (Å²) in [6, 6.07) is 11.4. The smallest absolute Gasteiger partial charge is 0.128 e. The lowest BCUT2D eigenvalue weighted by Gasteiger charge is -2.32. The van der Waals surface area contributed by atoms with Gasteiger partial charge in [-0.15, -0.1) is 0 Å². The summed E-state index contributed by atoms with van der Waals surface area (Å²) in [6.07, 6.45) is 7.87. The number of hydrogen-bond acceptors (Lipinski definition) is 6. The van der Waals surface area contributed by atoms with E-state index in [1.165, 1.54) is 0 Å². The number of likely N-dealkylation sites (N-methyl/N-ethyl adjacent to an activating group) is 1. The number of ether oxygens (including phenoxy) is 2. The number of nitrogens with zero attached hydrogens (tertiary/aromatic N) is 3. The third-order valence-electron chi connectivity index (χ3n) is 4.95. The Morgan fingerprint density at radius 2 is 2.04 bits per heavy atom. The molecule has 0 N–H and O–H groups in total. The molecule has 2 unspecified atom stereocenters. The number of imidazole rings is 1. The molecular weight excluding hydrogens is 346 g/mol. The van der Waals surface area contributed by atoms with E-state index >= 15 is 0 Å². The van der Waals surface area contributed by atoms with Crippen molar-refractivity contribution in [2.45, 2.75) is 24.6 Å². The molecule has 7 heteroatoms. The highest BCUT2D eigenvalue weighted by molar-refractivity contribution is 5.31. The third kappa shape index (κ3) is 3.56. The van der Waals surface area contributed by atoms with Crippen LogP contribution in [0.4, 0.5) is 0 Å². The van der Waals surface area contributed by atoms with Gasteiger partial charge in [0.05, 0.1) is 26.2 Å². The van der Waals surface area contributed by atoms with Crippen molar-refractivity contribution in [1.82, 2.24) is 14.6 Å². The molecule has 2 aromatic heterocycles. The molecule has 4 rings (SSSR count). The molecule has 2 atom stereocenters. The van der Waals surface area contributed by atoms with Gasteiger partial charge in [-0.25, -0.2) is 4.98 Å². The fraction of sp³-hybridized carbons (Fsp3) is 0.350. The molecule has 3 aromatic rings. The van der Waals surface area contributed by atoms with Gasteiger partial charge >= 0.3 is 0 Å². The van der Waals surface area contributed by atoms with Crippen molar-refractivity contribution < 1.29 is 18.7 Å². The van der Waals surface area contributed by atoms with Crippen molar-refractivity contribution in [3.05, 3.63) is 67.1 Å². The average Bonchev–Trinajstić information content (AvgIpc) is 3.43. The first-order chi connectivity index (χ1) is 13.2. The van der Waals surface area contributed by atoms with Gasteiger partial charge in [0, 0.05) is 25.9 Å². The Kier molecular flexibility index (Phi) is 4.87. The van der Waals surface area contributed by atoms with E-state index in [1.807, 2.05) is 59.3 Å². The molecule has 1 saturated heterocycles. The highest BCUT2D eigenvalue weighted by Crippen LogP contribution is 2.41. The normalized spacial score (nSPS) is 22.8. The van der Waals surface area contributed by atoms with E-state index in [-0.39, 0.29) is 6.10 Å². The Bertz CT molecular complexity index is 833. The molecule has 3 heterocycles. The van der Waals surface area contributed by atoms with Crippen LogP contribution >= 0.6 is 0 Å². The highest BCUT2D eigenvalue weighted by Gasteiger charge is 2.49. The summed E-state index contributed by atoms with van der Waals surface area (Å²) in [4.78, 5) is 10.3. The van der Waals surface area contributed by atoms with Crippen LogP contribution in [0.2, 0.25) is 0 Å². The fourth-order valence-electron chi connectivity index (χ4n) is 3.54. The highest BCUT2D eigenvalue weighted by atomic mass is 16.7. The fourth-order valence-corrected chi connectivity index (χ4v) is 3.54. The van der Waals surface area contributed by atoms with Crippen LogP contribution in [0.15, 0.2) is 65.8 Å². The first-order valence-corrected chi connectivity index (χ1v) is 8.87. The second-order valence-corrected chi connectivity index (χ2v) is 6.66. The predicted octanol–water partition coefficient (Wildman–Crippen LogP) is 3.09. The molecule has 1 aliphatic heterocycles. The second kappa shape index (κ2) is 7.46. The standard InChI is InChI=1S/C20H23N3O4/c1-22-20(19-4-3-11-25-19,14-23-10-9-21-15-23)12-18(27-22)13-26-17-7-5-16(24-2)6-8-17/h3-11,15,18H,12-14H2,1-2H3. The van der Waals surface area contributed by atoms with E-state index in [4.69, 9.17) is 18.7 Å². The molecule has 0 aliphatic carbocycles. The minimum Gasteiger partial charge on any atom is -0.497 e. The summed E-state index contributed by atoms with van der Waals surface area (Å²) in [7, 11) is 3.58. The molecule has 0 saturated carbocycles. The molecule has 142 valence electrons. The number of rotatable bonds is 7. The lowest BCUT2D eigenvalue weighted by Crippen LogP contribution is -2.41. The zero-order valence-electron chi connectivity index (χ0n) is 15.4. The van der Waals surface area contributed by atoms with Gasteiger partial charge in [-0.2, -0.15) is 5.06 Å². The molecular formula is C20H23N3O4. The summed E-state index contributed by atoms with van der Waals surface area (Å²) < 4.78 is 18.9. The van der Waals surface area contributed by atoms with Crippen molar-refractivity contribution in [3.63, 3.8) is 0 Å². The summed E-state index contributed by atoms with van der Waals surface area (Å²) in [5.41, 5.74) is -0.419. The molecule has 1 aliphatic rings. The van der Waals surface area contributed by atoms with Crippen LogP contribution in [-0.4, -0.2) is 41.5 Å². The molecule has 0 spiro atoms. The van der Waals surface area contributed by atoms with E-state index in [0.717, 1.165) is 23.7 Å². The average molecular weight is 369 g/mol. The SMILES string of the molecule is COc1ccc(OCC2CC(Cn3ccnc3)(c3ccco3)N(C)O2)cc1. The zero-order chi connectivity index (χ0) is 18.7. The van der Waals surface area contributed by atoms with Crippen LogP contribution in [0.5, 0.6) is 11.5 Å². The van der Waals surface area contributed by atoms with Crippen LogP contribution in [-0.2, 0) is 16.9 Å². The van der Waals surface area contributed by atoms with Gasteiger partial charge in [-0.05, 0) is 36.4 Å². The van der Waals surface area contributed by atoms with E-state index in [2.05, 4.69) is 4.98 Å². The van der Waals surface area contributed by atoms with Gasteiger partial charge in [0.2, 0.25) is 0 Å². The summed E-state index contributed by atoms with van der Waals surface area (Å²) >= 11 is 0. The summed E-state index contributed by atoms with van der Waals surface area (Å²) in [5, 5.41) is 1.88. The van der Waals surface area contributed by atoms with Crippen molar-refractivity contribution >= 4 is 0 Å². The monoisotopic (exact) mass is 369 g/mol. The van der Waals surface area contributed by atoms with E-state index in [1.54, 1.807) is 25.9 Å². The van der Waals surface area contributed by atoms with E-state index in [9.17, 15) is 0 Å². The van der Waals surface area contributed by atoms with Gasteiger partial charge in [-0.3, -0.25) is 4.84 Å². The number of methoxy groups -OCH3 is 1. The Morgan fingerprint density at radius 1 is 1.22 bits per heavy atom. The summed E-state index contributed by atoms with van der Waals surface area (Å²) in [6.45, 7) is 1.12. The van der Waals surface area contributed by atoms with Crippen molar-refractivity contribution in [1.29, 1.82) is 0 Å². The summed E-state index contributed by atoms with van der Waals surface area (Å²) in [5.74, 6) is 2.45. The molecule has 1 fully saturated rings. The van der Waals surface area contributed by atoms with Crippen LogP contribution in [0.25, 0.3) is 0 Å². The number of aromatic nitrogens is 2. The van der Waals surface area contributed by atoms with Gasteiger partial charge in [-0.1, -0.05) is 0 Å². The van der Waals surface area contributed by atoms with Crippen LogP contribution < -0.4 is 9.47 Å². The van der Waals surface area contributed by atoms with Crippen LogP contribution in [0, 0.1) is 0 Å². The topological polar surface area (TPSA) is 61.9 Å². The van der Waals surface area contributed by atoms with Crippen molar-refractivity contribution in [3.8, 4) is 11.5 Å². The predicted molar refractivity (Wildman–Crippen MR) is 98.4 cm³/mol. The molecule has 1 aromatic carbocycles. The zero-order valence-corrected chi connectivity index (χ0v) is 15.4. The number of furan rings is 1. The van der Waals surface area contributed by atoms with Gasteiger partial charge in [0.1, 0.15) is 35.5 Å². The quantitative estimate of drug-likeness (QED) is 0.638. The van der Waals surface area contributed by atoms with Gasteiger partial charge in [0.25, 0.3) is 0 Å². The molecule has 7 nitrogen and oxygen atoms in total. The third-order valence-corrected chi connectivity index (χ3v) is 4.95. The van der Waals surface area contributed by atoms with E-state index < -0.39 is 5.54 Å². The van der Waals surface area contributed by atoms with Gasteiger partial charge in [0.15, 0.2) is 0 Å². The Morgan fingerprint density at radius 3 is 2.70 bits per heavy atom. The second-order valence-electron chi connectivity index (χ2n) is 6.66. The molecule has 27 heavy (non-hydrogen) atoms. The lowest BCUT2D eigenvalue weighted by atomic mass is 9.90. The Hall–Kier alpha value is -2.77. The number of hydroxylamine groups is 2. The minimum atomic E-state index is -0.419. The Balaban J connectivity index is 1.48. The lowest BCUT2D eigenvalue weighted by molar-refractivity contribution is -0.183. The van der Waals surface area contributed by atoms with Crippen LogP contribution in [0.1, 0.15) is 12.2 Å². The molecule has 0 amide bonds. The minimum absolute atomic E-state index is 0.0919. The first-order valence-electron chi connectivity index (χ1n) is 8.87.